The number of piperazine rings is 1. The molecule has 0 atom stereocenters. The lowest BCUT2D eigenvalue weighted by molar-refractivity contribution is 0.0415. The zero-order chi connectivity index (χ0) is 21.5. The van der Waals surface area contributed by atoms with Gasteiger partial charge in [-0.15, -0.1) is 0 Å². The predicted molar refractivity (Wildman–Crippen MR) is 117 cm³/mol. The molecule has 2 fully saturated rings. The van der Waals surface area contributed by atoms with Crippen molar-refractivity contribution in [2.24, 2.45) is 0 Å². The van der Waals surface area contributed by atoms with Gasteiger partial charge in [0.1, 0.15) is 5.75 Å². The molecule has 31 heavy (non-hydrogen) atoms. The molecule has 2 heterocycles. The summed E-state index contributed by atoms with van der Waals surface area (Å²) in [6.07, 6.45) is -0.432. The molecule has 2 aliphatic heterocycles. The van der Waals surface area contributed by atoms with E-state index in [-0.39, 0.29) is 5.78 Å². The average molecular weight is 424 g/mol. The molecule has 0 unspecified atom stereocenters. The molecule has 2 aromatic rings. The standard InChI is InChI=1S/C24H29N3O4/c28-22(19-26-12-10-25(11-13-26)18-20-6-2-1-3-7-20)21-8-4-5-9-23(21)31-24(29)27-14-16-30-17-15-27/h1-9H,10-19H2. The van der Waals surface area contributed by atoms with Gasteiger partial charge in [-0.05, 0) is 17.7 Å². The minimum Gasteiger partial charge on any atom is -0.409 e. The van der Waals surface area contributed by atoms with Gasteiger partial charge in [0.25, 0.3) is 0 Å². The minimum absolute atomic E-state index is 0.0260. The van der Waals surface area contributed by atoms with Crippen molar-refractivity contribution in [3.8, 4) is 5.75 Å². The summed E-state index contributed by atoms with van der Waals surface area (Å²) < 4.78 is 10.8. The number of Topliss-reactive ketones (excluding diaryl/α,β-unsaturated/α-hetero) is 1. The molecular formula is C24H29N3O4. The molecule has 0 aromatic heterocycles. The molecule has 0 aliphatic carbocycles. The molecule has 0 radical (unpaired) electrons. The van der Waals surface area contributed by atoms with E-state index in [1.807, 2.05) is 6.07 Å². The summed E-state index contributed by atoms with van der Waals surface area (Å²) in [7, 11) is 0. The highest BCUT2D eigenvalue weighted by atomic mass is 16.6. The topological polar surface area (TPSA) is 62.3 Å². The lowest BCUT2D eigenvalue weighted by atomic mass is 10.1. The quantitative estimate of drug-likeness (QED) is 0.666. The van der Waals surface area contributed by atoms with Crippen LogP contribution in [0.4, 0.5) is 4.79 Å². The van der Waals surface area contributed by atoms with Crippen LogP contribution in [0.3, 0.4) is 0 Å². The number of benzene rings is 2. The maximum absolute atomic E-state index is 13.0. The minimum atomic E-state index is -0.432. The van der Waals surface area contributed by atoms with Gasteiger partial charge in [-0.25, -0.2) is 4.79 Å². The Balaban J connectivity index is 1.30. The van der Waals surface area contributed by atoms with Crippen LogP contribution in [0, 0.1) is 0 Å². The Kier molecular flexibility index (Phi) is 7.30. The van der Waals surface area contributed by atoms with Crippen molar-refractivity contribution in [1.29, 1.82) is 0 Å². The molecule has 0 bridgehead atoms. The fourth-order valence-electron chi connectivity index (χ4n) is 3.93. The van der Waals surface area contributed by atoms with E-state index in [2.05, 4.69) is 34.1 Å². The van der Waals surface area contributed by atoms with Gasteiger partial charge in [0, 0.05) is 45.8 Å². The number of hydrogen-bond donors (Lipinski definition) is 0. The van der Waals surface area contributed by atoms with Gasteiger partial charge < -0.3 is 14.4 Å². The number of ketones is 1. The maximum atomic E-state index is 13.0. The normalized spacial score (nSPS) is 18.0. The Labute approximate surface area is 183 Å². The Morgan fingerprint density at radius 2 is 1.45 bits per heavy atom. The third-order valence-electron chi connectivity index (χ3n) is 5.74. The zero-order valence-corrected chi connectivity index (χ0v) is 17.7. The Hall–Kier alpha value is -2.74. The molecule has 4 rings (SSSR count). The van der Waals surface area contributed by atoms with E-state index in [1.165, 1.54) is 5.56 Å². The third-order valence-corrected chi connectivity index (χ3v) is 5.74. The molecule has 0 spiro atoms. The number of carbonyl (C=O) groups excluding carboxylic acids is 2. The van der Waals surface area contributed by atoms with Gasteiger partial charge in [-0.1, -0.05) is 42.5 Å². The first kappa shape index (κ1) is 21.5. The van der Waals surface area contributed by atoms with Crippen molar-refractivity contribution in [2.75, 3.05) is 59.0 Å². The average Bonchev–Trinajstić information content (AvgIpc) is 2.82. The number of rotatable bonds is 6. The van der Waals surface area contributed by atoms with E-state index in [1.54, 1.807) is 29.2 Å². The van der Waals surface area contributed by atoms with Crippen LogP contribution < -0.4 is 4.74 Å². The summed E-state index contributed by atoms with van der Waals surface area (Å²) in [4.78, 5) is 31.6. The monoisotopic (exact) mass is 423 g/mol. The van der Waals surface area contributed by atoms with Gasteiger partial charge in [-0.3, -0.25) is 14.6 Å². The summed E-state index contributed by atoms with van der Waals surface area (Å²) in [5.74, 6) is 0.300. The molecule has 0 saturated carbocycles. The van der Waals surface area contributed by atoms with Gasteiger partial charge in [0.05, 0.1) is 25.3 Å². The van der Waals surface area contributed by atoms with Gasteiger partial charge in [0.15, 0.2) is 5.78 Å². The summed E-state index contributed by atoms with van der Waals surface area (Å²) in [5.41, 5.74) is 1.76. The Morgan fingerprint density at radius 1 is 0.806 bits per heavy atom. The van der Waals surface area contributed by atoms with Crippen molar-refractivity contribution in [3.05, 3.63) is 65.7 Å². The first-order valence-corrected chi connectivity index (χ1v) is 10.8. The molecule has 7 nitrogen and oxygen atoms in total. The zero-order valence-electron chi connectivity index (χ0n) is 17.7. The van der Waals surface area contributed by atoms with Crippen LogP contribution >= 0.6 is 0 Å². The summed E-state index contributed by atoms with van der Waals surface area (Å²) in [5, 5.41) is 0. The third kappa shape index (κ3) is 5.91. The Bertz CT molecular complexity index is 875. The molecule has 0 N–H and O–H groups in total. The number of amides is 1. The summed E-state index contributed by atoms with van der Waals surface area (Å²) in [6, 6.07) is 17.4. The molecule has 2 saturated heterocycles. The highest BCUT2D eigenvalue weighted by molar-refractivity contribution is 6.00. The lowest BCUT2D eigenvalue weighted by Crippen LogP contribution is -2.47. The second-order valence-electron chi connectivity index (χ2n) is 7.92. The van der Waals surface area contributed by atoms with E-state index >= 15 is 0 Å². The molecule has 2 aromatic carbocycles. The number of hydrogen-bond acceptors (Lipinski definition) is 6. The van der Waals surface area contributed by atoms with E-state index in [0.29, 0.717) is 44.2 Å². The number of para-hydroxylation sites is 1. The van der Waals surface area contributed by atoms with E-state index in [9.17, 15) is 9.59 Å². The second-order valence-corrected chi connectivity index (χ2v) is 7.92. The van der Waals surface area contributed by atoms with Crippen molar-refractivity contribution >= 4 is 11.9 Å². The number of ether oxygens (including phenoxy) is 2. The molecule has 2 aliphatic rings. The SMILES string of the molecule is O=C(CN1CCN(Cc2ccccc2)CC1)c1ccccc1OC(=O)N1CCOCC1. The summed E-state index contributed by atoms with van der Waals surface area (Å²) in [6.45, 7) is 6.81. The molecule has 164 valence electrons. The van der Waals surface area contributed by atoms with Crippen LogP contribution in [0.25, 0.3) is 0 Å². The summed E-state index contributed by atoms with van der Waals surface area (Å²) >= 11 is 0. The highest BCUT2D eigenvalue weighted by Crippen LogP contribution is 2.21. The number of morpholine rings is 1. The largest absolute Gasteiger partial charge is 0.415 e. The van der Waals surface area contributed by atoms with Crippen molar-refractivity contribution in [2.45, 2.75) is 6.54 Å². The molecule has 1 amide bonds. The second kappa shape index (κ2) is 10.5. The number of nitrogens with zero attached hydrogens (tertiary/aromatic N) is 3. The Morgan fingerprint density at radius 3 is 2.19 bits per heavy atom. The van der Waals surface area contributed by atoms with Crippen molar-refractivity contribution in [3.63, 3.8) is 0 Å². The fourth-order valence-corrected chi connectivity index (χ4v) is 3.93. The number of carbonyl (C=O) groups is 2. The van der Waals surface area contributed by atoms with Crippen LogP contribution in [-0.4, -0.2) is 85.6 Å². The van der Waals surface area contributed by atoms with Crippen LogP contribution in [0.15, 0.2) is 54.6 Å². The van der Waals surface area contributed by atoms with Gasteiger partial charge >= 0.3 is 6.09 Å². The van der Waals surface area contributed by atoms with E-state index in [0.717, 1.165) is 32.7 Å². The smallest absolute Gasteiger partial charge is 0.409 e. The van der Waals surface area contributed by atoms with Crippen LogP contribution in [0.5, 0.6) is 5.75 Å². The first-order valence-electron chi connectivity index (χ1n) is 10.8. The van der Waals surface area contributed by atoms with Crippen LogP contribution in [0.2, 0.25) is 0 Å². The fraction of sp³-hybridized carbons (Fsp3) is 0.417. The first-order chi connectivity index (χ1) is 15.2. The maximum Gasteiger partial charge on any atom is 0.415 e. The molecule has 7 heteroatoms. The van der Waals surface area contributed by atoms with E-state index in [4.69, 9.17) is 9.47 Å². The molecular weight excluding hydrogens is 394 g/mol. The predicted octanol–water partition coefficient (Wildman–Crippen LogP) is 2.52. The van der Waals surface area contributed by atoms with Gasteiger partial charge in [-0.2, -0.15) is 0 Å². The highest BCUT2D eigenvalue weighted by Gasteiger charge is 2.24. The lowest BCUT2D eigenvalue weighted by Gasteiger charge is -2.34. The van der Waals surface area contributed by atoms with Crippen LogP contribution in [-0.2, 0) is 11.3 Å². The van der Waals surface area contributed by atoms with Crippen LogP contribution in [0.1, 0.15) is 15.9 Å². The van der Waals surface area contributed by atoms with Crippen molar-refractivity contribution < 1.29 is 19.1 Å². The van der Waals surface area contributed by atoms with E-state index < -0.39 is 6.09 Å². The van der Waals surface area contributed by atoms with Gasteiger partial charge in [0.2, 0.25) is 0 Å². The van der Waals surface area contributed by atoms with Crippen molar-refractivity contribution in [1.82, 2.24) is 14.7 Å².